The van der Waals surface area contributed by atoms with Crippen molar-refractivity contribution in [3.05, 3.63) is 51.0 Å². The summed E-state index contributed by atoms with van der Waals surface area (Å²) in [6, 6.07) is 2.43. The molecule has 1 atom stereocenters. The molecule has 2 aliphatic rings. The molecule has 0 spiro atoms. The van der Waals surface area contributed by atoms with E-state index in [4.69, 9.17) is 16.3 Å². The quantitative estimate of drug-likeness (QED) is 0.392. The Labute approximate surface area is 229 Å². The molecule has 2 aliphatic heterocycles. The second-order valence-electron chi connectivity index (χ2n) is 9.63. The van der Waals surface area contributed by atoms with Gasteiger partial charge in [0.15, 0.2) is 17.4 Å². The van der Waals surface area contributed by atoms with E-state index in [1.165, 1.54) is 41.5 Å². The molecule has 204 valence electrons. The molecule has 0 bridgehead atoms. The third kappa shape index (κ3) is 4.65. The van der Waals surface area contributed by atoms with Crippen LogP contribution in [0.1, 0.15) is 47.6 Å². The lowest BCUT2D eigenvalue weighted by Gasteiger charge is -2.29. The SMILES string of the molecule is COc1c(F)c(Cl)cc2sc(C(C)(C)NC(=O)Nc3ccc4c(c3F)CN(C3CCC(=O)NC3=O)C4=O)nc12. The van der Waals surface area contributed by atoms with Crippen molar-refractivity contribution in [3.8, 4) is 5.75 Å². The van der Waals surface area contributed by atoms with E-state index >= 15 is 4.39 Å². The molecule has 3 N–H and O–H groups in total. The lowest BCUT2D eigenvalue weighted by Crippen LogP contribution is -2.52. The minimum absolute atomic E-state index is 0.0407. The van der Waals surface area contributed by atoms with Gasteiger partial charge in [-0.3, -0.25) is 19.7 Å². The van der Waals surface area contributed by atoms with E-state index < -0.39 is 47.0 Å². The molecule has 0 aliphatic carbocycles. The van der Waals surface area contributed by atoms with Crippen molar-refractivity contribution in [1.29, 1.82) is 0 Å². The number of methoxy groups -OCH3 is 1. The summed E-state index contributed by atoms with van der Waals surface area (Å²) in [5, 5.41) is 7.67. The van der Waals surface area contributed by atoms with Crippen LogP contribution in [0, 0.1) is 11.6 Å². The molecule has 1 fully saturated rings. The van der Waals surface area contributed by atoms with Gasteiger partial charge in [-0.05, 0) is 38.5 Å². The van der Waals surface area contributed by atoms with Crippen LogP contribution in [0.25, 0.3) is 10.2 Å². The molecular weight excluding hydrogens is 556 g/mol. The van der Waals surface area contributed by atoms with Gasteiger partial charge in [0.05, 0.1) is 34.6 Å². The molecule has 2 aromatic carbocycles. The number of urea groups is 1. The minimum atomic E-state index is -1.06. The molecular formula is C25H22ClF2N5O5S. The maximum Gasteiger partial charge on any atom is 0.320 e. The van der Waals surface area contributed by atoms with Crippen molar-refractivity contribution >= 4 is 62.6 Å². The Hall–Kier alpha value is -3.84. The number of amides is 5. The molecule has 3 aromatic rings. The molecule has 3 heterocycles. The largest absolute Gasteiger partial charge is 0.491 e. The number of rotatable bonds is 5. The summed E-state index contributed by atoms with van der Waals surface area (Å²) in [7, 11) is 1.30. The van der Waals surface area contributed by atoms with Crippen LogP contribution in [0.5, 0.6) is 5.75 Å². The summed E-state index contributed by atoms with van der Waals surface area (Å²) in [6.45, 7) is 3.16. The molecule has 0 radical (unpaired) electrons. The average Bonchev–Trinajstić information content (AvgIpc) is 3.43. The topological polar surface area (TPSA) is 130 Å². The van der Waals surface area contributed by atoms with Gasteiger partial charge in [0.1, 0.15) is 16.6 Å². The van der Waals surface area contributed by atoms with E-state index in [1.54, 1.807) is 13.8 Å². The number of hydrogen-bond acceptors (Lipinski definition) is 7. The number of benzene rings is 2. The summed E-state index contributed by atoms with van der Waals surface area (Å²) >= 11 is 7.13. The Kier molecular flexibility index (Phi) is 6.67. The third-order valence-corrected chi connectivity index (χ3v) is 8.20. The van der Waals surface area contributed by atoms with Crippen LogP contribution in [-0.2, 0) is 21.7 Å². The molecule has 5 rings (SSSR count). The fraction of sp³-hybridized carbons (Fsp3) is 0.320. The Morgan fingerprint density at radius 1 is 1.26 bits per heavy atom. The number of carbonyl (C=O) groups is 4. The fourth-order valence-corrected chi connectivity index (χ4v) is 5.95. The van der Waals surface area contributed by atoms with E-state index in [-0.39, 0.29) is 52.5 Å². The monoisotopic (exact) mass is 577 g/mol. The Morgan fingerprint density at radius 2 is 2.00 bits per heavy atom. The molecule has 0 saturated carbocycles. The van der Waals surface area contributed by atoms with E-state index in [0.29, 0.717) is 9.71 Å². The molecule has 1 saturated heterocycles. The van der Waals surface area contributed by atoms with Gasteiger partial charge in [-0.25, -0.2) is 18.6 Å². The van der Waals surface area contributed by atoms with Gasteiger partial charge in [-0.15, -0.1) is 11.3 Å². The first kappa shape index (κ1) is 26.8. The first-order valence-corrected chi connectivity index (χ1v) is 13.0. The number of thiazole rings is 1. The fourth-order valence-electron chi connectivity index (χ4n) is 4.63. The maximum absolute atomic E-state index is 15.4. The molecule has 1 unspecified atom stereocenters. The van der Waals surface area contributed by atoms with Crippen LogP contribution >= 0.6 is 22.9 Å². The lowest BCUT2D eigenvalue weighted by molar-refractivity contribution is -0.136. The van der Waals surface area contributed by atoms with Gasteiger partial charge >= 0.3 is 6.03 Å². The van der Waals surface area contributed by atoms with E-state index in [1.807, 2.05) is 0 Å². The molecule has 5 amide bonds. The summed E-state index contributed by atoms with van der Waals surface area (Å²) < 4.78 is 35.4. The normalized spacial score (nSPS) is 17.3. The summed E-state index contributed by atoms with van der Waals surface area (Å²) in [5.74, 6) is -3.22. The predicted octanol–water partition coefficient (Wildman–Crippen LogP) is 4.05. The zero-order valence-electron chi connectivity index (χ0n) is 20.9. The highest BCUT2D eigenvalue weighted by molar-refractivity contribution is 7.18. The molecule has 14 heteroatoms. The number of anilines is 1. The van der Waals surface area contributed by atoms with Crippen molar-refractivity contribution in [3.63, 3.8) is 0 Å². The molecule has 1 aromatic heterocycles. The minimum Gasteiger partial charge on any atom is -0.491 e. The highest BCUT2D eigenvalue weighted by atomic mass is 35.5. The third-order valence-electron chi connectivity index (χ3n) is 6.60. The van der Waals surface area contributed by atoms with Gasteiger partial charge in [-0.1, -0.05) is 11.6 Å². The second-order valence-corrected chi connectivity index (χ2v) is 11.1. The number of aromatic nitrogens is 1. The number of hydrogen-bond donors (Lipinski definition) is 3. The average molecular weight is 578 g/mol. The Balaban J connectivity index is 1.33. The highest BCUT2D eigenvalue weighted by Crippen LogP contribution is 2.39. The first-order valence-electron chi connectivity index (χ1n) is 11.8. The Bertz CT molecular complexity index is 1580. The van der Waals surface area contributed by atoms with Gasteiger partial charge in [0.25, 0.3) is 5.91 Å². The molecule has 10 nitrogen and oxygen atoms in total. The summed E-state index contributed by atoms with van der Waals surface area (Å²) in [4.78, 5) is 55.1. The van der Waals surface area contributed by atoms with Crippen molar-refractivity contribution in [2.75, 3.05) is 12.4 Å². The van der Waals surface area contributed by atoms with Gasteiger partial charge < -0.3 is 20.3 Å². The van der Waals surface area contributed by atoms with Crippen LogP contribution in [0.2, 0.25) is 5.02 Å². The van der Waals surface area contributed by atoms with Crippen LogP contribution in [0.15, 0.2) is 18.2 Å². The number of carbonyl (C=O) groups excluding carboxylic acids is 4. The van der Waals surface area contributed by atoms with Crippen molar-refractivity contribution in [2.24, 2.45) is 0 Å². The zero-order chi connectivity index (χ0) is 28.2. The summed E-state index contributed by atoms with van der Waals surface area (Å²) in [5.41, 5.74) is -0.853. The van der Waals surface area contributed by atoms with Gasteiger partial charge in [0.2, 0.25) is 11.8 Å². The number of nitrogens with zero attached hydrogens (tertiary/aromatic N) is 2. The standard InChI is InChI=1S/C25H22ClF2N5O5S/c1-25(2,23-31-19-15(39-23)8-12(26)18(28)20(19)38-3)32-24(37)29-13-5-4-10-11(17(13)27)9-33(22(10)36)14-6-7-16(34)30-21(14)35/h4-5,8,14H,6-7,9H2,1-3H3,(H2,29,32,37)(H,30,34,35). The van der Waals surface area contributed by atoms with Crippen LogP contribution in [0.4, 0.5) is 19.3 Å². The number of ether oxygens (including phenoxy) is 1. The number of halogens is 3. The van der Waals surface area contributed by atoms with Crippen molar-refractivity contribution in [1.82, 2.24) is 20.5 Å². The molecule has 39 heavy (non-hydrogen) atoms. The van der Waals surface area contributed by atoms with Gasteiger partial charge in [0, 0.05) is 17.5 Å². The van der Waals surface area contributed by atoms with Crippen LogP contribution in [-0.4, -0.2) is 46.8 Å². The Morgan fingerprint density at radius 3 is 2.69 bits per heavy atom. The maximum atomic E-state index is 15.4. The second kappa shape index (κ2) is 9.72. The van der Waals surface area contributed by atoms with E-state index in [0.717, 1.165) is 0 Å². The first-order chi connectivity index (χ1) is 18.4. The van der Waals surface area contributed by atoms with Crippen molar-refractivity contribution < 1.29 is 32.7 Å². The van der Waals surface area contributed by atoms with E-state index in [2.05, 4.69) is 20.9 Å². The summed E-state index contributed by atoms with van der Waals surface area (Å²) in [6.07, 6.45) is 0.219. The smallest absolute Gasteiger partial charge is 0.320 e. The predicted molar refractivity (Wildman–Crippen MR) is 139 cm³/mol. The number of nitrogens with one attached hydrogen (secondary N) is 3. The van der Waals surface area contributed by atoms with Crippen LogP contribution in [0.3, 0.4) is 0 Å². The number of piperidine rings is 1. The highest BCUT2D eigenvalue weighted by Gasteiger charge is 2.40. The number of fused-ring (bicyclic) bond motifs is 2. The lowest BCUT2D eigenvalue weighted by atomic mass is 10.0. The van der Waals surface area contributed by atoms with Crippen molar-refractivity contribution in [2.45, 2.75) is 44.8 Å². The van der Waals surface area contributed by atoms with E-state index in [9.17, 15) is 23.6 Å². The zero-order valence-corrected chi connectivity index (χ0v) is 22.5. The van der Waals surface area contributed by atoms with Crippen LogP contribution < -0.4 is 20.7 Å². The number of imide groups is 1. The van der Waals surface area contributed by atoms with Gasteiger partial charge in [-0.2, -0.15) is 0 Å².